The minimum Gasteiger partial charge on any atom is -0.482 e. The average Bonchev–Trinajstić information content (AvgIpc) is 3.20. The van der Waals surface area contributed by atoms with E-state index in [0.29, 0.717) is 44.1 Å². The summed E-state index contributed by atoms with van der Waals surface area (Å²) in [7, 11) is 0. The molecule has 2 aliphatic heterocycles. The topological polar surface area (TPSA) is 96.4 Å². The number of hydrogen-bond acceptors (Lipinski definition) is 5. The maximum Gasteiger partial charge on any atom is 0.341 e. The van der Waals surface area contributed by atoms with Crippen molar-refractivity contribution in [2.24, 2.45) is 0 Å². The van der Waals surface area contributed by atoms with Crippen LogP contribution in [-0.4, -0.2) is 78.2 Å². The first kappa shape index (κ1) is 18.2. The summed E-state index contributed by atoms with van der Waals surface area (Å²) in [5.74, 6) is -0.882. The second-order valence-electron chi connectivity index (χ2n) is 6.33. The third-order valence-corrected chi connectivity index (χ3v) is 4.53. The Morgan fingerprint density at radius 1 is 1.15 bits per heavy atom. The van der Waals surface area contributed by atoms with Crippen molar-refractivity contribution in [3.05, 3.63) is 29.8 Å². The van der Waals surface area contributed by atoms with Crippen LogP contribution in [0.1, 0.15) is 23.2 Å². The third kappa shape index (κ3) is 4.32. The van der Waals surface area contributed by atoms with Crippen LogP contribution in [0, 0.1) is 0 Å². The number of rotatable bonds is 5. The molecule has 0 aromatic heterocycles. The number of benzene rings is 1. The van der Waals surface area contributed by atoms with Gasteiger partial charge in [0.25, 0.3) is 11.8 Å². The molecule has 1 aromatic rings. The Morgan fingerprint density at radius 3 is 2.54 bits per heavy atom. The van der Waals surface area contributed by atoms with Gasteiger partial charge in [-0.3, -0.25) is 9.59 Å². The predicted molar refractivity (Wildman–Crippen MR) is 91.0 cm³/mol. The van der Waals surface area contributed by atoms with E-state index in [0.717, 1.165) is 12.8 Å². The van der Waals surface area contributed by atoms with Crippen LogP contribution in [0.15, 0.2) is 24.3 Å². The van der Waals surface area contributed by atoms with Crippen molar-refractivity contribution in [3.63, 3.8) is 0 Å². The van der Waals surface area contributed by atoms with E-state index in [9.17, 15) is 14.4 Å². The fourth-order valence-corrected chi connectivity index (χ4v) is 3.15. The van der Waals surface area contributed by atoms with Gasteiger partial charge in [0.1, 0.15) is 11.9 Å². The lowest BCUT2D eigenvalue weighted by Crippen LogP contribution is -2.52. The maximum absolute atomic E-state index is 12.6. The summed E-state index contributed by atoms with van der Waals surface area (Å²) in [5, 5.41) is 8.66. The smallest absolute Gasteiger partial charge is 0.341 e. The van der Waals surface area contributed by atoms with Crippen molar-refractivity contribution in [3.8, 4) is 5.75 Å². The fraction of sp³-hybridized carbons (Fsp3) is 0.500. The molecule has 2 saturated heterocycles. The minimum atomic E-state index is -1.08. The first-order valence-corrected chi connectivity index (χ1v) is 8.69. The number of ether oxygens (including phenoxy) is 2. The van der Waals surface area contributed by atoms with Crippen LogP contribution in [0.25, 0.3) is 0 Å². The van der Waals surface area contributed by atoms with Crippen LogP contribution in [0.2, 0.25) is 0 Å². The van der Waals surface area contributed by atoms with Crippen molar-refractivity contribution in [1.29, 1.82) is 0 Å². The highest BCUT2D eigenvalue weighted by atomic mass is 16.5. The molecule has 2 amide bonds. The standard InChI is InChI=1S/C18H22N2O6/c21-16(22)12-26-14-4-1-3-13(11-14)17(23)19-6-8-20(9-7-19)18(24)15-5-2-10-25-15/h1,3-4,11,15H,2,5-10,12H2,(H,21,22). The molecule has 26 heavy (non-hydrogen) atoms. The Labute approximate surface area is 151 Å². The van der Waals surface area contributed by atoms with Gasteiger partial charge in [-0.05, 0) is 31.0 Å². The molecular formula is C18H22N2O6. The van der Waals surface area contributed by atoms with Gasteiger partial charge in [-0.25, -0.2) is 4.79 Å². The van der Waals surface area contributed by atoms with E-state index < -0.39 is 12.6 Å². The molecule has 0 bridgehead atoms. The van der Waals surface area contributed by atoms with E-state index in [1.165, 1.54) is 6.07 Å². The number of carboxylic acids is 1. The van der Waals surface area contributed by atoms with Crippen LogP contribution in [-0.2, 0) is 14.3 Å². The lowest BCUT2D eigenvalue weighted by Gasteiger charge is -2.35. The lowest BCUT2D eigenvalue weighted by atomic mass is 10.1. The highest BCUT2D eigenvalue weighted by Gasteiger charge is 2.31. The van der Waals surface area contributed by atoms with Gasteiger partial charge in [0.15, 0.2) is 6.61 Å². The number of hydrogen-bond donors (Lipinski definition) is 1. The molecule has 1 aromatic carbocycles. The summed E-state index contributed by atoms with van der Waals surface area (Å²) in [6.45, 7) is 2.06. The van der Waals surface area contributed by atoms with Crippen LogP contribution in [0.3, 0.4) is 0 Å². The van der Waals surface area contributed by atoms with Gasteiger partial charge in [0.2, 0.25) is 0 Å². The van der Waals surface area contributed by atoms with Gasteiger partial charge < -0.3 is 24.4 Å². The predicted octanol–water partition coefficient (Wildman–Crippen LogP) is 0.613. The zero-order valence-corrected chi connectivity index (χ0v) is 14.4. The van der Waals surface area contributed by atoms with Crippen molar-refractivity contribution in [2.45, 2.75) is 18.9 Å². The molecule has 0 spiro atoms. The van der Waals surface area contributed by atoms with Crippen LogP contribution >= 0.6 is 0 Å². The molecule has 2 heterocycles. The van der Waals surface area contributed by atoms with E-state index in [1.807, 2.05) is 0 Å². The molecule has 0 aliphatic carbocycles. The highest BCUT2D eigenvalue weighted by Crippen LogP contribution is 2.18. The van der Waals surface area contributed by atoms with Crippen LogP contribution < -0.4 is 4.74 Å². The van der Waals surface area contributed by atoms with E-state index >= 15 is 0 Å². The maximum atomic E-state index is 12.6. The first-order valence-electron chi connectivity index (χ1n) is 8.69. The van der Waals surface area contributed by atoms with Gasteiger partial charge in [0, 0.05) is 38.3 Å². The monoisotopic (exact) mass is 362 g/mol. The number of carbonyl (C=O) groups is 3. The molecule has 0 radical (unpaired) electrons. The summed E-state index contributed by atoms with van der Waals surface area (Å²) in [6.07, 6.45) is 1.34. The quantitative estimate of drug-likeness (QED) is 0.825. The summed E-state index contributed by atoms with van der Waals surface area (Å²) in [5.41, 5.74) is 0.437. The molecule has 1 unspecified atom stereocenters. The third-order valence-electron chi connectivity index (χ3n) is 4.53. The van der Waals surface area contributed by atoms with Crippen molar-refractivity contribution in [2.75, 3.05) is 39.4 Å². The molecule has 2 aliphatic rings. The molecule has 8 nitrogen and oxygen atoms in total. The summed E-state index contributed by atoms with van der Waals surface area (Å²) in [4.78, 5) is 39.0. The van der Waals surface area contributed by atoms with Gasteiger partial charge in [-0.2, -0.15) is 0 Å². The van der Waals surface area contributed by atoms with Crippen LogP contribution in [0.4, 0.5) is 0 Å². The number of aliphatic carboxylic acids is 1. The Kier molecular flexibility index (Phi) is 5.72. The number of carbonyl (C=O) groups excluding carboxylic acids is 2. The Hall–Kier alpha value is -2.61. The second-order valence-corrected chi connectivity index (χ2v) is 6.33. The summed E-state index contributed by atoms with van der Waals surface area (Å²) in [6, 6.07) is 6.47. The number of nitrogens with zero attached hydrogens (tertiary/aromatic N) is 2. The van der Waals surface area contributed by atoms with Crippen molar-refractivity contribution in [1.82, 2.24) is 9.80 Å². The lowest BCUT2D eigenvalue weighted by molar-refractivity contribution is -0.142. The largest absolute Gasteiger partial charge is 0.482 e. The van der Waals surface area contributed by atoms with Crippen molar-refractivity contribution >= 4 is 17.8 Å². The zero-order chi connectivity index (χ0) is 18.5. The normalized spacial score (nSPS) is 20.1. The number of carboxylic acid groups (broad SMARTS) is 1. The molecule has 140 valence electrons. The van der Waals surface area contributed by atoms with E-state index in [-0.39, 0.29) is 17.9 Å². The highest BCUT2D eigenvalue weighted by molar-refractivity contribution is 5.95. The number of piperazine rings is 1. The molecule has 2 fully saturated rings. The Bertz CT molecular complexity index is 678. The van der Waals surface area contributed by atoms with Gasteiger partial charge >= 0.3 is 5.97 Å². The molecular weight excluding hydrogens is 340 g/mol. The van der Waals surface area contributed by atoms with Gasteiger partial charge in [-0.1, -0.05) is 6.07 Å². The van der Waals surface area contributed by atoms with E-state index in [1.54, 1.807) is 28.0 Å². The van der Waals surface area contributed by atoms with Crippen molar-refractivity contribution < 1.29 is 29.0 Å². The summed E-state index contributed by atoms with van der Waals surface area (Å²) < 4.78 is 10.6. The fourth-order valence-electron chi connectivity index (χ4n) is 3.15. The first-order chi connectivity index (χ1) is 12.5. The van der Waals surface area contributed by atoms with E-state index in [4.69, 9.17) is 14.6 Å². The van der Waals surface area contributed by atoms with Crippen LogP contribution in [0.5, 0.6) is 5.75 Å². The Balaban J connectivity index is 1.55. The van der Waals surface area contributed by atoms with E-state index in [2.05, 4.69) is 0 Å². The molecule has 3 rings (SSSR count). The SMILES string of the molecule is O=C(O)COc1cccc(C(=O)N2CCN(C(=O)C3CCCO3)CC2)c1. The van der Waals surface area contributed by atoms with Gasteiger partial charge in [-0.15, -0.1) is 0 Å². The minimum absolute atomic E-state index is 0.0127. The Morgan fingerprint density at radius 2 is 1.88 bits per heavy atom. The molecule has 8 heteroatoms. The molecule has 0 saturated carbocycles. The number of amides is 2. The molecule has 1 N–H and O–H groups in total. The van der Waals surface area contributed by atoms with Gasteiger partial charge in [0.05, 0.1) is 0 Å². The zero-order valence-electron chi connectivity index (χ0n) is 14.4. The second kappa shape index (κ2) is 8.18. The average molecular weight is 362 g/mol. The molecule has 1 atom stereocenters. The summed E-state index contributed by atoms with van der Waals surface area (Å²) >= 11 is 0.